The van der Waals surface area contributed by atoms with Crippen LogP contribution in [0.4, 0.5) is 11.5 Å². The minimum atomic E-state index is 0.323. The van der Waals surface area contributed by atoms with Gasteiger partial charge in [-0.1, -0.05) is 23.7 Å². The lowest BCUT2D eigenvalue weighted by Crippen LogP contribution is -2.46. The lowest BCUT2D eigenvalue weighted by Gasteiger charge is -2.36. The van der Waals surface area contributed by atoms with E-state index in [1.54, 1.807) is 12.3 Å². The molecule has 0 radical (unpaired) electrons. The molecule has 0 spiro atoms. The molecule has 1 aliphatic rings. The number of phenolic OH excluding ortho intramolecular Hbond substituents is 1. The Balaban J connectivity index is 1.70. The van der Waals surface area contributed by atoms with Crippen LogP contribution in [0.3, 0.4) is 0 Å². The van der Waals surface area contributed by atoms with Crippen LogP contribution in [0.5, 0.6) is 5.75 Å². The number of benzene rings is 1. The number of para-hydroxylation sites is 2. The largest absolute Gasteiger partial charge is 0.506 e. The van der Waals surface area contributed by atoms with Gasteiger partial charge >= 0.3 is 0 Å². The summed E-state index contributed by atoms with van der Waals surface area (Å²) in [5, 5.41) is 10.3. The second kappa shape index (κ2) is 5.54. The third-order valence-corrected chi connectivity index (χ3v) is 3.60. The monoisotopic (exact) mass is 290 g/mol. The molecule has 5 nitrogen and oxygen atoms in total. The Kier molecular flexibility index (Phi) is 3.60. The molecular formula is C14H15ClN4O. The van der Waals surface area contributed by atoms with Crippen molar-refractivity contribution in [2.75, 3.05) is 36.0 Å². The lowest BCUT2D eigenvalue weighted by molar-refractivity contribution is 0.472. The topological polar surface area (TPSA) is 52.5 Å². The molecule has 3 rings (SSSR count). The van der Waals surface area contributed by atoms with Crippen LogP contribution in [0.2, 0.25) is 5.15 Å². The summed E-state index contributed by atoms with van der Waals surface area (Å²) in [5.41, 5.74) is 0.879. The molecule has 1 N–H and O–H groups in total. The summed E-state index contributed by atoms with van der Waals surface area (Å²) in [4.78, 5) is 12.7. The zero-order valence-electron chi connectivity index (χ0n) is 10.9. The molecule has 0 bridgehead atoms. The highest BCUT2D eigenvalue weighted by atomic mass is 35.5. The van der Waals surface area contributed by atoms with Crippen molar-refractivity contribution in [2.45, 2.75) is 0 Å². The van der Waals surface area contributed by atoms with Crippen molar-refractivity contribution in [3.05, 3.63) is 41.8 Å². The minimum absolute atomic E-state index is 0.323. The third-order valence-electron chi connectivity index (χ3n) is 3.42. The first-order valence-corrected chi connectivity index (χ1v) is 6.87. The van der Waals surface area contributed by atoms with Crippen LogP contribution in [0, 0.1) is 0 Å². The summed E-state index contributed by atoms with van der Waals surface area (Å²) in [6.45, 7) is 3.30. The number of rotatable bonds is 2. The number of hydrogen-bond acceptors (Lipinski definition) is 5. The van der Waals surface area contributed by atoms with Crippen molar-refractivity contribution in [3.63, 3.8) is 0 Å². The zero-order chi connectivity index (χ0) is 13.9. The second-order valence-electron chi connectivity index (χ2n) is 4.66. The van der Waals surface area contributed by atoms with Gasteiger partial charge in [0.05, 0.1) is 18.1 Å². The maximum Gasteiger partial charge on any atom is 0.149 e. The average Bonchev–Trinajstić information content (AvgIpc) is 2.48. The smallest absolute Gasteiger partial charge is 0.149 e. The second-order valence-corrected chi connectivity index (χ2v) is 5.05. The molecule has 0 saturated carbocycles. The molecule has 0 unspecified atom stereocenters. The fourth-order valence-electron chi connectivity index (χ4n) is 2.39. The number of aromatic nitrogens is 2. The summed E-state index contributed by atoms with van der Waals surface area (Å²) in [7, 11) is 0. The van der Waals surface area contributed by atoms with Gasteiger partial charge in [-0.25, -0.2) is 4.98 Å². The molecule has 2 heterocycles. The quantitative estimate of drug-likeness (QED) is 0.918. The first kappa shape index (κ1) is 13.0. The van der Waals surface area contributed by atoms with Gasteiger partial charge < -0.3 is 14.9 Å². The number of piperazine rings is 1. The number of phenols is 1. The van der Waals surface area contributed by atoms with Crippen molar-refractivity contribution in [1.29, 1.82) is 0 Å². The maximum absolute atomic E-state index is 9.89. The van der Waals surface area contributed by atoms with Crippen molar-refractivity contribution in [2.24, 2.45) is 0 Å². The van der Waals surface area contributed by atoms with Gasteiger partial charge in [0.25, 0.3) is 0 Å². The van der Waals surface area contributed by atoms with Gasteiger partial charge in [-0.3, -0.25) is 4.98 Å². The average molecular weight is 291 g/mol. The zero-order valence-corrected chi connectivity index (χ0v) is 11.7. The molecule has 1 aliphatic heterocycles. The molecule has 20 heavy (non-hydrogen) atoms. The van der Waals surface area contributed by atoms with E-state index in [0.717, 1.165) is 37.7 Å². The summed E-state index contributed by atoms with van der Waals surface area (Å²) < 4.78 is 0. The van der Waals surface area contributed by atoms with Crippen LogP contribution < -0.4 is 9.80 Å². The van der Waals surface area contributed by atoms with Gasteiger partial charge in [0, 0.05) is 26.2 Å². The van der Waals surface area contributed by atoms with E-state index in [1.807, 2.05) is 18.2 Å². The van der Waals surface area contributed by atoms with E-state index in [9.17, 15) is 5.11 Å². The van der Waals surface area contributed by atoms with Crippen LogP contribution >= 0.6 is 11.6 Å². The van der Waals surface area contributed by atoms with Gasteiger partial charge in [-0.2, -0.15) is 0 Å². The number of hydrogen-bond donors (Lipinski definition) is 1. The summed E-state index contributed by atoms with van der Waals surface area (Å²) >= 11 is 5.87. The number of halogens is 1. The van der Waals surface area contributed by atoms with E-state index < -0.39 is 0 Å². The molecule has 1 fully saturated rings. The Hall–Kier alpha value is -2.01. The van der Waals surface area contributed by atoms with Gasteiger partial charge in [-0.05, 0) is 12.1 Å². The Bertz CT molecular complexity index is 599. The van der Waals surface area contributed by atoms with Crippen LogP contribution in [0.25, 0.3) is 0 Å². The van der Waals surface area contributed by atoms with Gasteiger partial charge in [0.2, 0.25) is 0 Å². The molecule has 2 aromatic rings. The molecule has 1 saturated heterocycles. The van der Waals surface area contributed by atoms with Crippen LogP contribution in [-0.4, -0.2) is 41.3 Å². The standard InChI is InChI=1S/C14H15ClN4O/c15-13-9-16-10-14(17-13)19-7-5-18(6-8-19)11-3-1-2-4-12(11)20/h1-4,9-10,20H,5-8H2. The van der Waals surface area contributed by atoms with E-state index >= 15 is 0 Å². The van der Waals surface area contributed by atoms with Crippen molar-refractivity contribution >= 4 is 23.1 Å². The van der Waals surface area contributed by atoms with Crippen LogP contribution in [-0.2, 0) is 0 Å². The van der Waals surface area contributed by atoms with E-state index in [0.29, 0.717) is 10.9 Å². The van der Waals surface area contributed by atoms with Crippen molar-refractivity contribution in [1.82, 2.24) is 9.97 Å². The molecule has 6 heteroatoms. The van der Waals surface area contributed by atoms with Gasteiger partial charge in [0.1, 0.15) is 16.7 Å². The Morgan fingerprint density at radius 1 is 1.00 bits per heavy atom. The highest BCUT2D eigenvalue weighted by Gasteiger charge is 2.20. The highest BCUT2D eigenvalue weighted by Crippen LogP contribution is 2.27. The Morgan fingerprint density at radius 2 is 1.70 bits per heavy atom. The summed E-state index contributed by atoms with van der Waals surface area (Å²) in [6.07, 6.45) is 3.25. The number of anilines is 2. The molecule has 1 aromatic carbocycles. The Labute approximate surface area is 122 Å². The van der Waals surface area contributed by atoms with Gasteiger partial charge in [-0.15, -0.1) is 0 Å². The Morgan fingerprint density at radius 3 is 2.40 bits per heavy atom. The number of aromatic hydroxyl groups is 1. The fraction of sp³-hybridized carbons (Fsp3) is 0.286. The van der Waals surface area contributed by atoms with Gasteiger partial charge in [0.15, 0.2) is 0 Å². The molecule has 0 aliphatic carbocycles. The molecule has 0 amide bonds. The lowest BCUT2D eigenvalue weighted by atomic mass is 10.2. The summed E-state index contributed by atoms with van der Waals surface area (Å²) in [5.74, 6) is 1.12. The molecule has 1 aromatic heterocycles. The molecule has 0 atom stereocenters. The highest BCUT2D eigenvalue weighted by molar-refractivity contribution is 6.29. The van der Waals surface area contributed by atoms with E-state index in [2.05, 4.69) is 19.8 Å². The van der Waals surface area contributed by atoms with E-state index in [1.165, 1.54) is 6.20 Å². The fourth-order valence-corrected chi connectivity index (χ4v) is 2.54. The van der Waals surface area contributed by atoms with E-state index in [4.69, 9.17) is 11.6 Å². The first-order valence-electron chi connectivity index (χ1n) is 6.49. The number of nitrogens with zero attached hydrogens (tertiary/aromatic N) is 4. The SMILES string of the molecule is Oc1ccccc1N1CCN(c2cncc(Cl)n2)CC1. The predicted molar refractivity (Wildman–Crippen MR) is 79.6 cm³/mol. The summed E-state index contributed by atoms with van der Waals surface area (Å²) in [6, 6.07) is 7.41. The van der Waals surface area contributed by atoms with Crippen molar-refractivity contribution < 1.29 is 5.11 Å². The molecule has 104 valence electrons. The van der Waals surface area contributed by atoms with Crippen LogP contribution in [0.1, 0.15) is 0 Å². The van der Waals surface area contributed by atoms with Crippen molar-refractivity contribution in [3.8, 4) is 5.75 Å². The minimum Gasteiger partial charge on any atom is -0.506 e. The third kappa shape index (κ3) is 2.63. The first-order chi connectivity index (χ1) is 9.74. The molecular weight excluding hydrogens is 276 g/mol. The van der Waals surface area contributed by atoms with E-state index in [-0.39, 0.29) is 0 Å². The normalized spacial score (nSPS) is 15.4. The predicted octanol–water partition coefficient (Wildman–Crippen LogP) is 2.16. The maximum atomic E-state index is 9.89. The van der Waals surface area contributed by atoms with Crippen LogP contribution in [0.15, 0.2) is 36.7 Å².